The summed E-state index contributed by atoms with van der Waals surface area (Å²) in [4.78, 5) is 4.48. The van der Waals surface area contributed by atoms with Crippen molar-refractivity contribution in [2.75, 3.05) is 6.54 Å². The predicted molar refractivity (Wildman–Crippen MR) is 119 cm³/mol. The van der Waals surface area contributed by atoms with Crippen LogP contribution in [0.3, 0.4) is 0 Å². The second-order valence-corrected chi connectivity index (χ2v) is 6.25. The van der Waals surface area contributed by atoms with Gasteiger partial charge in [-0.05, 0) is 37.6 Å². The Kier molecular flexibility index (Phi) is 9.79. The topological polar surface area (TPSA) is 60.2 Å². The van der Waals surface area contributed by atoms with Gasteiger partial charge in [0.05, 0.1) is 18.2 Å². The Balaban J connectivity index is 0.00000364. The minimum Gasteiger partial charge on any atom is -0.357 e. The second kappa shape index (κ2) is 11.5. The third-order valence-electron chi connectivity index (χ3n) is 4.37. The van der Waals surface area contributed by atoms with E-state index in [9.17, 15) is 4.39 Å². The van der Waals surface area contributed by atoms with E-state index in [1.165, 1.54) is 17.7 Å². The van der Waals surface area contributed by atoms with Crippen molar-refractivity contribution in [1.29, 1.82) is 5.26 Å². The van der Waals surface area contributed by atoms with Crippen LogP contribution in [-0.4, -0.2) is 18.5 Å². The Labute approximate surface area is 177 Å². The number of hydrogen-bond donors (Lipinski definition) is 2. The fourth-order valence-corrected chi connectivity index (χ4v) is 2.64. The summed E-state index contributed by atoms with van der Waals surface area (Å²) < 4.78 is 13.9. The van der Waals surface area contributed by atoms with Gasteiger partial charge in [-0.3, -0.25) is 0 Å². The quantitative estimate of drug-likeness (QED) is 0.362. The number of hydrogen-bond acceptors (Lipinski definition) is 2. The van der Waals surface area contributed by atoms with Crippen LogP contribution in [0.5, 0.6) is 0 Å². The lowest BCUT2D eigenvalue weighted by Gasteiger charge is -2.24. The zero-order valence-electron chi connectivity index (χ0n) is 15.9. The number of nitrogens with zero attached hydrogens (tertiary/aromatic N) is 2. The lowest BCUT2D eigenvalue weighted by atomic mass is 9.94. The van der Waals surface area contributed by atoms with Crippen LogP contribution >= 0.6 is 24.0 Å². The standard InChI is InChI=1S/C21H25FN4.HI/c1-4-24-21(25-14-19-12-17(13-23)10-11-20(19)22)26-16(3)15(2)18-8-6-5-7-9-18;/h5-12,15-16H,4,14H2,1-3H3,(H2,24,25,26);1H. The normalized spacial score (nSPS) is 13.1. The Morgan fingerprint density at radius 1 is 1.19 bits per heavy atom. The fraction of sp³-hybridized carbons (Fsp3) is 0.333. The van der Waals surface area contributed by atoms with Crippen molar-refractivity contribution in [3.63, 3.8) is 0 Å². The highest BCUT2D eigenvalue weighted by Crippen LogP contribution is 2.18. The van der Waals surface area contributed by atoms with Gasteiger partial charge in [-0.15, -0.1) is 24.0 Å². The monoisotopic (exact) mass is 480 g/mol. The van der Waals surface area contributed by atoms with Crippen LogP contribution in [0, 0.1) is 17.1 Å². The maximum atomic E-state index is 13.9. The van der Waals surface area contributed by atoms with Crippen LogP contribution in [0.1, 0.15) is 43.4 Å². The minimum atomic E-state index is -0.352. The number of nitriles is 1. The first-order valence-electron chi connectivity index (χ1n) is 8.83. The molecule has 0 aromatic heterocycles. The van der Waals surface area contributed by atoms with Gasteiger partial charge in [-0.25, -0.2) is 9.38 Å². The van der Waals surface area contributed by atoms with E-state index in [4.69, 9.17) is 5.26 Å². The van der Waals surface area contributed by atoms with Crippen molar-refractivity contribution in [1.82, 2.24) is 10.6 Å². The summed E-state index contributed by atoms with van der Waals surface area (Å²) in [5, 5.41) is 15.5. The minimum absolute atomic E-state index is 0. The molecule has 2 unspecified atom stereocenters. The maximum absolute atomic E-state index is 13.9. The number of halogens is 2. The smallest absolute Gasteiger partial charge is 0.191 e. The van der Waals surface area contributed by atoms with E-state index in [1.807, 2.05) is 31.2 Å². The van der Waals surface area contributed by atoms with Gasteiger partial charge < -0.3 is 10.6 Å². The van der Waals surface area contributed by atoms with Crippen molar-refractivity contribution >= 4 is 29.9 Å². The SMILES string of the molecule is CCNC(=NCc1cc(C#N)ccc1F)NC(C)C(C)c1ccccc1.I. The third kappa shape index (κ3) is 6.83. The van der Waals surface area contributed by atoms with Crippen LogP contribution in [0.4, 0.5) is 4.39 Å². The molecule has 144 valence electrons. The lowest BCUT2D eigenvalue weighted by Crippen LogP contribution is -2.44. The molecule has 4 nitrogen and oxygen atoms in total. The Hall–Kier alpha value is -2.14. The van der Waals surface area contributed by atoms with Gasteiger partial charge >= 0.3 is 0 Å². The van der Waals surface area contributed by atoms with Gasteiger partial charge in [-0.2, -0.15) is 5.26 Å². The molecule has 0 fully saturated rings. The van der Waals surface area contributed by atoms with Gasteiger partial charge in [0, 0.05) is 24.1 Å². The van der Waals surface area contributed by atoms with E-state index in [0.29, 0.717) is 29.5 Å². The summed E-state index contributed by atoms with van der Waals surface area (Å²) in [6, 6.07) is 16.8. The molecular formula is C21H26FIN4. The van der Waals surface area contributed by atoms with Gasteiger partial charge in [0.1, 0.15) is 5.82 Å². The highest BCUT2D eigenvalue weighted by atomic mass is 127. The summed E-state index contributed by atoms with van der Waals surface area (Å²) in [5.41, 5.74) is 2.08. The highest BCUT2D eigenvalue weighted by molar-refractivity contribution is 14.0. The van der Waals surface area contributed by atoms with E-state index in [0.717, 1.165) is 0 Å². The largest absolute Gasteiger partial charge is 0.357 e. The molecule has 0 amide bonds. The van der Waals surface area contributed by atoms with Gasteiger partial charge in [-0.1, -0.05) is 37.3 Å². The first kappa shape index (κ1) is 22.9. The molecule has 0 saturated carbocycles. The molecule has 0 spiro atoms. The molecule has 2 atom stereocenters. The fourth-order valence-electron chi connectivity index (χ4n) is 2.64. The zero-order chi connectivity index (χ0) is 18.9. The van der Waals surface area contributed by atoms with Crippen LogP contribution in [0.2, 0.25) is 0 Å². The molecule has 0 aliphatic heterocycles. The summed E-state index contributed by atoms with van der Waals surface area (Å²) >= 11 is 0. The van der Waals surface area contributed by atoms with Gasteiger partial charge in [0.15, 0.2) is 5.96 Å². The first-order chi connectivity index (χ1) is 12.5. The van der Waals surface area contributed by atoms with E-state index < -0.39 is 0 Å². The molecule has 2 N–H and O–H groups in total. The molecule has 2 aromatic carbocycles. The van der Waals surface area contributed by atoms with Crippen LogP contribution in [0.25, 0.3) is 0 Å². The zero-order valence-corrected chi connectivity index (χ0v) is 18.2. The van der Waals surface area contributed by atoms with E-state index in [1.54, 1.807) is 6.07 Å². The van der Waals surface area contributed by atoms with Gasteiger partial charge in [0.25, 0.3) is 0 Å². The molecule has 2 aromatic rings. The molecule has 0 bridgehead atoms. The summed E-state index contributed by atoms with van der Waals surface area (Å²) in [5.74, 6) is 0.567. The molecule has 0 heterocycles. The average Bonchev–Trinajstić information content (AvgIpc) is 2.67. The number of aliphatic imine (C=N–C) groups is 1. The van der Waals surface area contributed by atoms with E-state index >= 15 is 0 Å². The highest BCUT2D eigenvalue weighted by Gasteiger charge is 2.15. The van der Waals surface area contributed by atoms with Crippen molar-refractivity contribution in [3.05, 3.63) is 71.0 Å². The molecular weight excluding hydrogens is 454 g/mol. The number of guanidine groups is 1. The van der Waals surface area contributed by atoms with E-state index in [2.05, 4.69) is 41.6 Å². The van der Waals surface area contributed by atoms with Crippen LogP contribution in [0.15, 0.2) is 53.5 Å². The molecule has 0 radical (unpaired) electrons. The molecule has 27 heavy (non-hydrogen) atoms. The van der Waals surface area contributed by atoms with Crippen molar-refractivity contribution in [2.24, 2.45) is 4.99 Å². The van der Waals surface area contributed by atoms with E-state index in [-0.39, 0.29) is 42.4 Å². The lowest BCUT2D eigenvalue weighted by molar-refractivity contribution is 0.549. The van der Waals surface area contributed by atoms with Crippen molar-refractivity contribution < 1.29 is 4.39 Å². The van der Waals surface area contributed by atoms with Crippen molar-refractivity contribution in [3.8, 4) is 6.07 Å². The van der Waals surface area contributed by atoms with Gasteiger partial charge in [0.2, 0.25) is 0 Å². The number of nitrogens with one attached hydrogen (secondary N) is 2. The summed E-state index contributed by atoms with van der Waals surface area (Å²) in [6.07, 6.45) is 0. The third-order valence-corrected chi connectivity index (χ3v) is 4.37. The van der Waals surface area contributed by atoms with Crippen LogP contribution < -0.4 is 10.6 Å². The number of benzene rings is 2. The molecule has 0 aliphatic carbocycles. The maximum Gasteiger partial charge on any atom is 0.191 e. The van der Waals surface area contributed by atoms with Crippen LogP contribution in [-0.2, 0) is 6.54 Å². The second-order valence-electron chi connectivity index (χ2n) is 6.25. The Morgan fingerprint density at radius 2 is 1.89 bits per heavy atom. The summed E-state index contributed by atoms with van der Waals surface area (Å²) in [7, 11) is 0. The first-order valence-corrected chi connectivity index (χ1v) is 8.83. The summed E-state index contributed by atoms with van der Waals surface area (Å²) in [6.45, 7) is 7.12. The molecule has 6 heteroatoms. The molecule has 0 saturated heterocycles. The number of rotatable bonds is 6. The molecule has 2 rings (SSSR count). The molecule has 0 aliphatic rings. The average molecular weight is 480 g/mol. The van der Waals surface area contributed by atoms with Crippen molar-refractivity contribution in [2.45, 2.75) is 39.3 Å². The predicted octanol–water partition coefficient (Wildman–Crippen LogP) is 4.56. The Bertz CT molecular complexity index is 787. The Morgan fingerprint density at radius 3 is 2.52 bits per heavy atom.